The van der Waals surface area contributed by atoms with Gasteiger partial charge < -0.3 is 0 Å². The average Bonchev–Trinajstić information content (AvgIpc) is 2.76. The average molecular weight is 407 g/mol. The number of allylic oxidation sites excluding steroid dienone is 4. The Morgan fingerprint density at radius 3 is 1.68 bits per heavy atom. The summed E-state index contributed by atoms with van der Waals surface area (Å²) in [6.07, 6.45) is 10.1. The molecule has 0 aromatic heterocycles. The second-order valence-electron chi connectivity index (χ2n) is 9.11. The van der Waals surface area contributed by atoms with Crippen LogP contribution in [0.3, 0.4) is 0 Å². The van der Waals surface area contributed by atoms with Gasteiger partial charge in [0.05, 0.1) is 0 Å². The highest BCUT2D eigenvalue weighted by Gasteiger charge is 2.12. The predicted octanol–water partition coefficient (Wildman–Crippen LogP) is 8.00. The zero-order valence-electron chi connectivity index (χ0n) is 19.5. The van der Waals surface area contributed by atoms with Gasteiger partial charge in [0.15, 0.2) is 0 Å². The smallest absolute Gasteiger partial charge is 0.00203 e. The summed E-state index contributed by atoms with van der Waals surface area (Å²) in [6, 6.07) is 22.4. The fourth-order valence-electron chi connectivity index (χ4n) is 4.70. The van der Waals surface area contributed by atoms with Crippen LogP contribution in [-0.2, 0) is 19.3 Å². The summed E-state index contributed by atoms with van der Waals surface area (Å²) in [5.74, 6) is 0. The van der Waals surface area contributed by atoms with Crippen molar-refractivity contribution in [1.29, 1.82) is 0 Å². The first-order valence-corrected chi connectivity index (χ1v) is 11.6. The number of hydrogen-bond donors (Lipinski definition) is 0. The molecule has 1 aliphatic rings. The van der Waals surface area contributed by atoms with Crippen molar-refractivity contribution in [2.45, 2.75) is 59.8 Å². The number of hydrogen-bond acceptors (Lipinski definition) is 0. The Balaban J connectivity index is 1.58. The number of aryl methyl sites for hydroxylation is 1. The maximum atomic E-state index is 2.34. The molecule has 4 rings (SSSR count). The van der Waals surface area contributed by atoms with E-state index in [1.54, 1.807) is 5.57 Å². The summed E-state index contributed by atoms with van der Waals surface area (Å²) >= 11 is 0. The Labute approximate surface area is 188 Å². The van der Waals surface area contributed by atoms with Crippen LogP contribution in [0.1, 0.15) is 64.3 Å². The maximum absolute atomic E-state index is 2.34. The van der Waals surface area contributed by atoms with Gasteiger partial charge >= 0.3 is 0 Å². The van der Waals surface area contributed by atoms with E-state index in [2.05, 4.69) is 101 Å². The highest BCUT2D eigenvalue weighted by atomic mass is 14.2. The van der Waals surface area contributed by atoms with E-state index in [9.17, 15) is 0 Å². The largest absolute Gasteiger partial charge is 0.0839 e. The minimum atomic E-state index is 1.00. The van der Waals surface area contributed by atoms with Crippen molar-refractivity contribution in [3.63, 3.8) is 0 Å². The van der Waals surface area contributed by atoms with Crippen molar-refractivity contribution in [3.05, 3.63) is 128 Å². The third-order valence-electron chi connectivity index (χ3n) is 7.07. The molecule has 0 fully saturated rings. The molecule has 0 bridgehead atoms. The van der Waals surface area contributed by atoms with E-state index in [0.717, 1.165) is 19.3 Å². The lowest BCUT2D eigenvalue weighted by Crippen LogP contribution is -2.03. The molecule has 3 aromatic rings. The molecule has 158 valence electrons. The molecular weight excluding hydrogens is 372 g/mol. The Hall–Kier alpha value is -2.86. The summed E-state index contributed by atoms with van der Waals surface area (Å²) in [5, 5.41) is 0. The van der Waals surface area contributed by atoms with E-state index in [4.69, 9.17) is 0 Å². The Bertz CT molecular complexity index is 1140. The third kappa shape index (κ3) is 4.90. The standard InChI is InChI=1S/C31H34/c1-22-11-5-7-13-26(22)19-28-15-9-17-30(24(28)3)21-31-18-10-16-29(25(31)4)20-27-14-8-6-12-23(27)2/h5,7-11,13-18H,6,12,19-21H2,1-4H3. The molecule has 31 heavy (non-hydrogen) atoms. The van der Waals surface area contributed by atoms with Gasteiger partial charge in [0.1, 0.15) is 0 Å². The molecule has 0 aliphatic heterocycles. The molecule has 0 saturated carbocycles. The van der Waals surface area contributed by atoms with E-state index < -0.39 is 0 Å². The van der Waals surface area contributed by atoms with Crippen LogP contribution in [0.5, 0.6) is 0 Å². The summed E-state index contributed by atoms with van der Waals surface area (Å²) in [4.78, 5) is 0. The van der Waals surface area contributed by atoms with Crippen molar-refractivity contribution < 1.29 is 0 Å². The van der Waals surface area contributed by atoms with Crippen molar-refractivity contribution in [3.8, 4) is 0 Å². The molecule has 0 heterocycles. The van der Waals surface area contributed by atoms with E-state index in [-0.39, 0.29) is 0 Å². The van der Waals surface area contributed by atoms with Crippen molar-refractivity contribution in [1.82, 2.24) is 0 Å². The van der Waals surface area contributed by atoms with Crippen molar-refractivity contribution >= 4 is 0 Å². The molecule has 0 radical (unpaired) electrons. The first-order valence-electron chi connectivity index (χ1n) is 11.6. The molecule has 0 atom stereocenters. The second-order valence-corrected chi connectivity index (χ2v) is 9.11. The molecule has 0 amide bonds. The third-order valence-corrected chi connectivity index (χ3v) is 7.07. The quantitative estimate of drug-likeness (QED) is 0.389. The Morgan fingerprint density at radius 1 is 0.581 bits per heavy atom. The van der Waals surface area contributed by atoms with E-state index >= 15 is 0 Å². The minimum absolute atomic E-state index is 1.00. The van der Waals surface area contributed by atoms with Crippen molar-refractivity contribution in [2.24, 2.45) is 0 Å². The molecule has 1 aliphatic carbocycles. The topological polar surface area (TPSA) is 0 Å². The van der Waals surface area contributed by atoms with E-state index in [1.807, 2.05) is 0 Å². The summed E-state index contributed by atoms with van der Waals surface area (Å²) in [5.41, 5.74) is 14.5. The van der Waals surface area contributed by atoms with Gasteiger partial charge in [0.2, 0.25) is 0 Å². The molecule has 3 aromatic carbocycles. The summed E-state index contributed by atoms with van der Waals surface area (Å²) in [7, 11) is 0. The van der Waals surface area contributed by atoms with Gasteiger partial charge in [-0.25, -0.2) is 0 Å². The summed E-state index contributed by atoms with van der Waals surface area (Å²) < 4.78 is 0. The van der Waals surface area contributed by atoms with Gasteiger partial charge in [-0.05, 0) is 110 Å². The van der Waals surface area contributed by atoms with E-state index in [1.165, 1.54) is 62.9 Å². The molecule has 0 spiro atoms. The zero-order chi connectivity index (χ0) is 21.8. The SMILES string of the molecule is CC1=C(Cc2cccc(Cc3cccc(Cc4ccccc4C)c3C)c2C)C=CCC1. The van der Waals surface area contributed by atoms with Crippen LogP contribution in [0, 0.1) is 20.8 Å². The highest BCUT2D eigenvalue weighted by molar-refractivity contribution is 5.45. The van der Waals surface area contributed by atoms with Crippen LogP contribution in [0.4, 0.5) is 0 Å². The van der Waals surface area contributed by atoms with Gasteiger partial charge in [-0.2, -0.15) is 0 Å². The predicted molar refractivity (Wildman–Crippen MR) is 134 cm³/mol. The fourth-order valence-corrected chi connectivity index (χ4v) is 4.70. The van der Waals surface area contributed by atoms with Crippen molar-refractivity contribution in [2.75, 3.05) is 0 Å². The zero-order valence-corrected chi connectivity index (χ0v) is 19.5. The number of rotatable bonds is 6. The highest BCUT2D eigenvalue weighted by Crippen LogP contribution is 2.27. The van der Waals surface area contributed by atoms with Crippen LogP contribution < -0.4 is 0 Å². The second kappa shape index (κ2) is 9.52. The summed E-state index contributed by atoms with van der Waals surface area (Å²) in [6.45, 7) is 9.10. The van der Waals surface area contributed by atoms with Gasteiger partial charge in [-0.15, -0.1) is 0 Å². The monoisotopic (exact) mass is 406 g/mol. The molecule has 0 heteroatoms. The molecule has 0 unspecified atom stereocenters. The van der Waals surface area contributed by atoms with Crippen LogP contribution >= 0.6 is 0 Å². The lowest BCUT2D eigenvalue weighted by atomic mass is 9.88. The molecular formula is C31H34. The first-order chi connectivity index (χ1) is 15.0. The lowest BCUT2D eigenvalue weighted by Gasteiger charge is -2.17. The first kappa shape index (κ1) is 21.4. The Morgan fingerprint density at radius 2 is 1.10 bits per heavy atom. The maximum Gasteiger partial charge on any atom is -0.00203 e. The van der Waals surface area contributed by atoms with Crippen LogP contribution in [0.15, 0.2) is 84.0 Å². The minimum Gasteiger partial charge on any atom is -0.0839 e. The Kier molecular flexibility index (Phi) is 6.56. The van der Waals surface area contributed by atoms with Gasteiger partial charge in [-0.3, -0.25) is 0 Å². The van der Waals surface area contributed by atoms with Crippen LogP contribution in [-0.4, -0.2) is 0 Å². The molecule has 0 N–H and O–H groups in total. The fraction of sp³-hybridized carbons (Fsp3) is 0.290. The van der Waals surface area contributed by atoms with Gasteiger partial charge in [0, 0.05) is 0 Å². The molecule has 0 nitrogen and oxygen atoms in total. The number of benzene rings is 3. The van der Waals surface area contributed by atoms with Gasteiger partial charge in [-0.1, -0.05) is 78.4 Å². The van der Waals surface area contributed by atoms with Crippen LogP contribution in [0.25, 0.3) is 0 Å². The van der Waals surface area contributed by atoms with Gasteiger partial charge in [0.25, 0.3) is 0 Å². The van der Waals surface area contributed by atoms with Crippen LogP contribution in [0.2, 0.25) is 0 Å². The molecule has 0 saturated heterocycles. The normalized spacial score (nSPS) is 13.7. The van der Waals surface area contributed by atoms with E-state index in [0.29, 0.717) is 0 Å². The lowest BCUT2D eigenvalue weighted by molar-refractivity contribution is 0.917.